The lowest BCUT2D eigenvalue weighted by atomic mass is 10.2. The fourth-order valence-corrected chi connectivity index (χ4v) is 1.81. The molecule has 0 heterocycles. The minimum atomic E-state index is -0.253. The van der Waals surface area contributed by atoms with Crippen LogP contribution in [0, 0.1) is 5.82 Å². The van der Waals surface area contributed by atoms with Crippen molar-refractivity contribution in [3.8, 4) is 0 Å². The Balaban J connectivity index is 2.48. The number of amides is 1. The van der Waals surface area contributed by atoms with Gasteiger partial charge in [-0.05, 0) is 24.1 Å². The van der Waals surface area contributed by atoms with E-state index in [0.717, 1.165) is 12.0 Å². The number of guanidine groups is 1. The van der Waals surface area contributed by atoms with Crippen LogP contribution in [0.3, 0.4) is 0 Å². The summed E-state index contributed by atoms with van der Waals surface area (Å²) in [5, 5.41) is 5.79. The molecular weight excluding hydrogens is 271 g/mol. The number of halogens is 1. The zero-order valence-corrected chi connectivity index (χ0v) is 12.8. The van der Waals surface area contributed by atoms with Crippen molar-refractivity contribution in [1.29, 1.82) is 0 Å². The van der Waals surface area contributed by atoms with Gasteiger partial charge in [-0.3, -0.25) is 9.79 Å². The van der Waals surface area contributed by atoms with E-state index >= 15 is 0 Å². The van der Waals surface area contributed by atoms with E-state index in [9.17, 15) is 9.18 Å². The third kappa shape index (κ3) is 6.25. The lowest BCUT2D eigenvalue weighted by Gasteiger charge is -2.22. The zero-order valence-electron chi connectivity index (χ0n) is 12.8. The van der Waals surface area contributed by atoms with Crippen LogP contribution in [-0.2, 0) is 11.3 Å². The number of hydrogen-bond donors (Lipinski definition) is 2. The molecule has 0 aliphatic rings. The van der Waals surface area contributed by atoms with E-state index in [2.05, 4.69) is 15.6 Å². The number of nitrogens with one attached hydrogen (secondary N) is 2. The first-order valence-corrected chi connectivity index (χ1v) is 6.99. The van der Waals surface area contributed by atoms with E-state index in [1.54, 1.807) is 19.2 Å². The molecule has 0 bridgehead atoms. The van der Waals surface area contributed by atoms with Crippen LogP contribution in [0.1, 0.15) is 18.9 Å². The van der Waals surface area contributed by atoms with Crippen molar-refractivity contribution in [1.82, 2.24) is 15.5 Å². The van der Waals surface area contributed by atoms with Crippen molar-refractivity contribution in [3.63, 3.8) is 0 Å². The monoisotopic (exact) mass is 294 g/mol. The van der Waals surface area contributed by atoms with Crippen LogP contribution in [-0.4, -0.2) is 44.0 Å². The van der Waals surface area contributed by atoms with E-state index in [4.69, 9.17) is 0 Å². The molecule has 2 N–H and O–H groups in total. The van der Waals surface area contributed by atoms with Gasteiger partial charge in [-0.15, -0.1) is 0 Å². The van der Waals surface area contributed by atoms with Crippen molar-refractivity contribution >= 4 is 11.9 Å². The predicted octanol–water partition coefficient (Wildman–Crippen LogP) is 1.36. The van der Waals surface area contributed by atoms with E-state index in [-0.39, 0.29) is 18.3 Å². The second-order valence-corrected chi connectivity index (χ2v) is 4.73. The van der Waals surface area contributed by atoms with Crippen LogP contribution in [0.2, 0.25) is 0 Å². The zero-order chi connectivity index (χ0) is 15.7. The lowest BCUT2D eigenvalue weighted by molar-refractivity contribution is -0.120. The third-order valence-corrected chi connectivity index (χ3v) is 2.89. The number of nitrogens with zero attached hydrogens (tertiary/aromatic N) is 2. The largest absolute Gasteiger partial charge is 0.355 e. The second-order valence-electron chi connectivity index (χ2n) is 4.73. The van der Waals surface area contributed by atoms with Gasteiger partial charge in [0.05, 0.1) is 6.54 Å². The van der Waals surface area contributed by atoms with Gasteiger partial charge in [-0.25, -0.2) is 4.39 Å². The van der Waals surface area contributed by atoms with E-state index < -0.39 is 0 Å². The first-order chi connectivity index (χ1) is 10.1. The molecule has 5 nitrogen and oxygen atoms in total. The van der Waals surface area contributed by atoms with Crippen molar-refractivity contribution in [2.45, 2.75) is 19.9 Å². The standard InChI is InChI=1S/C15H23FN4O/c1-4-9-18-14(21)10-19-15(17-2)20(3)11-12-5-7-13(16)8-6-12/h5-8H,4,9-11H2,1-3H3,(H,17,19)(H,18,21). The summed E-state index contributed by atoms with van der Waals surface area (Å²) in [5.41, 5.74) is 0.970. The number of rotatable bonds is 6. The van der Waals surface area contributed by atoms with Crippen LogP contribution in [0.4, 0.5) is 4.39 Å². The van der Waals surface area contributed by atoms with Gasteiger partial charge in [0.1, 0.15) is 5.82 Å². The first-order valence-electron chi connectivity index (χ1n) is 6.99. The maximum absolute atomic E-state index is 12.9. The molecule has 0 fully saturated rings. The summed E-state index contributed by atoms with van der Waals surface area (Å²) in [6.07, 6.45) is 0.908. The highest BCUT2D eigenvalue weighted by atomic mass is 19.1. The van der Waals surface area contributed by atoms with Gasteiger partial charge < -0.3 is 15.5 Å². The second kappa shape index (κ2) is 8.94. The normalized spacial score (nSPS) is 11.1. The average Bonchev–Trinajstić information content (AvgIpc) is 2.48. The highest BCUT2D eigenvalue weighted by molar-refractivity contribution is 5.86. The summed E-state index contributed by atoms with van der Waals surface area (Å²) >= 11 is 0. The number of carbonyl (C=O) groups is 1. The Morgan fingerprint density at radius 2 is 1.95 bits per heavy atom. The molecule has 6 heteroatoms. The Morgan fingerprint density at radius 1 is 1.29 bits per heavy atom. The van der Waals surface area contributed by atoms with Crippen LogP contribution in [0.15, 0.2) is 29.3 Å². The van der Waals surface area contributed by atoms with Crippen LogP contribution in [0.5, 0.6) is 0 Å². The van der Waals surface area contributed by atoms with Gasteiger partial charge in [0.2, 0.25) is 5.91 Å². The molecular formula is C15H23FN4O. The maximum Gasteiger partial charge on any atom is 0.239 e. The van der Waals surface area contributed by atoms with Gasteiger partial charge in [-0.1, -0.05) is 19.1 Å². The first kappa shape index (κ1) is 16.9. The van der Waals surface area contributed by atoms with Gasteiger partial charge >= 0.3 is 0 Å². The van der Waals surface area contributed by atoms with Crippen LogP contribution < -0.4 is 10.6 Å². The summed E-state index contributed by atoms with van der Waals surface area (Å²) in [4.78, 5) is 17.6. The average molecular weight is 294 g/mol. The summed E-state index contributed by atoms with van der Waals surface area (Å²) in [7, 11) is 3.52. The summed E-state index contributed by atoms with van der Waals surface area (Å²) < 4.78 is 12.9. The van der Waals surface area contributed by atoms with Gasteiger partial charge in [0, 0.05) is 27.2 Å². The fraction of sp³-hybridized carbons (Fsp3) is 0.467. The highest BCUT2D eigenvalue weighted by Crippen LogP contribution is 2.05. The number of hydrogen-bond acceptors (Lipinski definition) is 2. The predicted molar refractivity (Wildman–Crippen MR) is 82.5 cm³/mol. The molecule has 1 amide bonds. The molecule has 0 radical (unpaired) electrons. The van der Waals surface area contributed by atoms with Gasteiger partial charge in [0.15, 0.2) is 5.96 Å². The molecule has 1 aromatic carbocycles. The van der Waals surface area contributed by atoms with Gasteiger partial charge in [-0.2, -0.15) is 0 Å². The van der Waals surface area contributed by atoms with E-state index in [0.29, 0.717) is 19.0 Å². The quantitative estimate of drug-likeness (QED) is 0.615. The maximum atomic E-state index is 12.9. The van der Waals surface area contributed by atoms with E-state index in [1.165, 1.54) is 12.1 Å². The van der Waals surface area contributed by atoms with Crippen LogP contribution >= 0.6 is 0 Å². The Hall–Kier alpha value is -2.11. The molecule has 0 spiro atoms. The van der Waals surface area contributed by atoms with E-state index in [1.807, 2.05) is 18.9 Å². The Labute approximate surface area is 125 Å². The molecule has 0 saturated heterocycles. The Bertz CT molecular complexity index is 473. The molecule has 0 aliphatic carbocycles. The van der Waals surface area contributed by atoms with Gasteiger partial charge in [0.25, 0.3) is 0 Å². The molecule has 0 unspecified atom stereocenters. The minimum absolute atomic E-state index is 0.0619. The smallest absolute Gasteiger partial charge is 0.239 e. The molecule has 116 valence electrons. The van der Waals surface area contributed by atoms with Crippen molar-refractivity contribution in [3.05, 3.63) is 35.6 Å². The third-order valence-electron chi connectivity index (χ3n) is 2.89. The molecule has 1 rings (SSSR count). The van der Waals surface area contributed by atoms with Crippen molar-refractivity contribution in [2.24, 2.45) is 4.99 Å². The minimum Gasteiger partial charge on any atom is -0.355 e. The molecule has 1 aromatic rings. The van der Waals surface area contributed by atoms with Crippen molar-refractivity contribution in [2.75, 3.05) is 27.2 Å². The Kier molecular flexibility index (Phi) is 7.21. The number of carbonyl (C=O) groups excluding carboxylic acids is 1. The number of aliphatic imine (C=N–C) groups is 1. The summed E-state index contributed by atoms with van der Waals surface area (Å²) in [6.45, 7) is 3.44. The summed E-state index contributed by atoms with van der Waals surface area (Å²) in [6, 6.07) is 6.31. The van der Waals surface area contributed by atoms with Crippen molar-refractivity contribution < 1.29 is 9.18 Å². The molecule has 21 heavy (non-hydrogen) atoms. The molecule has 0 atom stereocenters. The van der Waals surface area contributed by atoms with Crippen LogP contribution in [0.25, 0.3) is 0 Å². The SMILES string of the molecule is CCCNC(=O)CNC(=NC)N(C)Cc1ccc(F)cc1. The summed E-state index contributed by atoms with van der Waals surface area (Å²) in [5.74, 6) is 0.302. The fourth-order valence-electron chi connectivity index (χ4n) is 1.81. The molecule has 0 aromatic heterocycles. The molecule has 0 saturated carbocycles. The highest BCUT2D eigenvalue weighted by Gasteiger charge is 2.08. The topological polar surface area (TPSA) is 56.7 Å². The number of benzene rings is 1. The molecule has 0 aliphatic heterocycles. The Morgan fingerprint density at radius 3 is 2.52 bits per heavy atom. The lowest BCUT2D eigenvalue weighted by Crippen LogP contribution is -2.43.